The molecule has 0 saturated heterocycles. The number of halogens is 1. The highest BCUT2D eigenvalue weighted by Crippen LogP contribution is 2.29. The fraction of sp³-hybridized carbons (Fsp3) is 0.533. The van der Waals surface area contributed by atoms with Gasteiger partial charge >= 0.3 is 0 Å². The summed E-state index contributed by atoms with van der Waals surface area (Å²) in [7, 11) is 1.83. The molecule has 0 spiro atoms. The zero-order valence-corrected chi connectivity index (χ0v) is 13.1. The van der Waals surface area contributed by atoms with E-state index in [1.807, 2.05) is 52.1 Å². The predicted octanol–water partition coefficient (Wildman–Crippen LogP) is 3.14. The molecule has 0 aliphatic rings. The van der Waals surface area contributed by atoms with E-state index in [1.165, 1.54) is 0 Å². The monoisotopic (exact) mass is 284 g/mol. The van der Waals surface area contributed by atoms with Crippen LogP contribution >= 0.6 is 12.4 Å². The van der Waals surface area contributed by atoms with Crippen LogP contribution in [0.25, 0.3) is 0 Å². The number of carbonyl (C=O) groups excluding carboxylic acids is 1. The first kappa shape index (κ1) is 17.9. The summed E-state index contributed by atoms with van der Waals surface area (Å²) < 4.78 is 0. The van der Waals surface area contributed by atoms with Crippen LogP contribution in [0, 0.1) is 12.3 Å². The molecular formula is C15H25ClN2O. The van der Waals surface area contributed by atoms with Crippen molar-refractivity contribution in [3.63, 3.8) is 0 Å². The lowest BCUT2D eigenvalue weighted by atomic mass is 9.81. The SMILES string of the molecule is CCC(CC)(CN)C(=O)N(C)c1cccc(C)c1.Cl. The highest BCUT2D eigenvalue weighted by atomic mass is 35.5. The molecule has 0 aromatic heterocycles. The number of carbonyl (C=O) groups is 1. The number of nitrogens with zero attached hydrogens (tertiary/aromatic N) is 1. The number of hydrogen-bond donors (Lipinski definition) is 1. The second-order valence-corrected chi connectivity index (χ2v) is 4.89. The molecule has 0 unspecified atom stereocenters. The predicted molar refractivity (Wildman–Crippen MR) is 83.9 cm³/mol. The van der Waals surface area contributed by atoms with Crippen LogP contribution in [0.15, 0.2) is 24.3 Å². The van der Waals surface area contributed by atoms with Gasteiger partial charge in [0.15, 0.2) is 0 Å². The standard InChI is InChI=1S/C15H24N2O.ClH/c1-5-15(6-2,11-16)14(18)17(4)13-9-7-8-12(3)10-13;/h7-10H,5-6,11,16H2,1-4H3;1H. The first-order valence-corrected chi connectivity index (χ1v) is 6.55. The molecule has 108 valence electrons. The number of amides is 1. The number of rotatable bonds is 5. The summed E-state index contributed by atoms with van der Waals surface area (Å²) in [6.07, 6.45) is 1.55. The van der Waals surface area contributed by atoms with Crippen LogP contribution in [-0.4, -0.2) is 19.5 Å². The molecule has 4 heteroatoms. The van der Waals surface area contributed by atoms with Crippen molar-refractivity contribution in [2.75, 3.05) is 18.5 Å². The summed E-state index contributed by atoms with van der Waals surface area (Å²) in [5.74, 6) is 0.112. The van der Waals surface area contributed by atoms with E-state index in [2.05, 4.69) is 0 Å². The van der Waals surface area contributed by atoms with E-state index in [0.29, 0.717) is 6.54 Å². The Hall–Kier alpha value is -1.06. The second kappa shape index (κ2) is 7.51. The molecule has 0 fully saturated rings. The Bertz CT molecular complexity index is 408. The van der Waals surface area contributed by atoms with Crippen LogP contribution in [0.5, 0.6) is 0 Å². The van der Waals surface area contributed by atoms with Gasteiger partial charge in [0.05, 0.1) is 5.41 Å². The largest absolute Gasteiger partial charge is 0.329 e. The van der Waals surface area contributed by atoms with Crippen LogP contribution in [0.2, 0.25) is 0 Å². The molecule has 0 radical (unpaired) electrons. The Morgan fingerprint density at radius 2 is 1.89 bits per heavy atom. The van der Waals surface area contributed by atoms with Gasteiger partial charge in [0, 0.05) is 19.3 Å². The van der Waals surface area contributed by atoms with Crippen molar-refractivity contribution in [1.29, 1.82) is 0 Å². The Morgan fingerprint density at radius 1 is 1.32 bits per heavy atom. The maximum Gasteiger partial charge on any atom is 0.234 e. The van der Waals surface area contributed by atoms with E-state index in [4.69, 9.17) is 5.73 Å². The third-order valence-corrected chi connectivity index (χ3v) is 3.89. The minimum atomic E-state index is -0.432. The van der Waals surface area contributed by atoms with Crippen molar-refractivity contribution in [1.82, 2.24) is 0 Å². The highest BCUT2D eigenvalue weighted by Gasteiger charge is 2.36. The van der Waals surface area contributed by atoms with Gasteiger partial charge in [0.2, 0.25) is 5.91 Å². The van der Waals surface area contributed by atoms with Crippen molar-refractivity contribution in [3.05, 3.63) is 29.8 Å². The van der Waals surface area contributed by atoms with Gasteiger partial charge in [0.25, 0.3) is 0 Å². The fourth-order valence-corrected chi connectivity index (χ4v) is 2.24. The van der Waals surface area contributed by atoms with Crippen LogP contribution in [0.4, 0.5) is 5.69 Å². The number of anilines is 1. The summed E-state index contributed by atoms with van der Waals surface area (Å²) in [5, 5.41) is 0. The topological polar surface area (TPSA) is 46.3 Å². The summed E-state index contributed by atoms with van der Waals surface area (Å²) in [6.45, 7) is 6.48. The van der Waals surface area contributed by atoms with Gasteiger partial charge < -0.3 is 10.6 Å². The van der Waals surface area contributed by atoms with E-state index in [0.717, 1.165) is 24.1 Å². The third kappa shape index (κ3) is 3.71. The molecule has 1 aromatic rings. The van der Waals surface area contributed by atoms with Crippen molar-refractivity contribution in [2.45, 2.75) is 33.6 Å². The van der Waals surface area contributed by atoms with Crippen LogP contribution in [0.3, 0.4) is 0 Å². The van der Waals surface area contributed by atoms with E-state index >= 15 is 0 Å². The molecule has 3 nitrogen and oxygen atoms in total. The van der Waals surface area contributed by atoms with Crippen LogP contribution in [-0.2, 0) is 4.79 Å². The average Bonchev–Trinajstić information content (AvgIpc) is 2.40. The third-order valence-electron chi connectivity index (χ3n) is 3.89. The number of benzene rings is 1. The molecular weight excluding hydrogens is 260 g/mol. The fourth-order valence-electron chi connectivity index (χ4n) is 2.24. The van der Waals surface area contributed by atoms with Crippen molar-refractivity contribution in [3.8, 4) is 0 Å². The lowest BCUT2D eigenvalue weighted by Gasteiger charge is -2.33. The lowest BCUT2D eigenvalue weighted by Crippen LogP contribution is -2.46. The molecule has 1 aromatic carbocycles. The smallest absolute Gasteiger partial charge is 0.234 e. The van der Waals surface area contributed by atoms with Gasteiger partial charge in [-0.3, -0.25) is 4.79 Å². The van der Waals surface area contributed by atoms with E-state index < -0.39 is 5.41 Å². The number of aryl methyl sites for hydroxylation is 1. The number of nitrogens with two attached hydrogens (primary N) is 1. The molecule has 0 aliphatic heterocycles. The Kier molecular flexibility index (Phi) is 7.09. The maximum absolute atomic E-state index is 12.6. The second-order valence-electron chi connectivity index (χ2n) is 4.89. The summed E-state index contributed by atoms with van der Waals surface area (Å²) in [6, 6.07) is 7.97. The molecule has 1 amide bonds. The van der Waals surface area contributed by atoms with Crippen molar-refractivity contribution in [2.24, 2.45) is 11.1 Å². The average molecular weight is 285 g/mol. The zero-order chi connectivity index (χ0) is 13.8. The highest BCUT2D eigenvalue weighted by molar-refractivity contribution is 5.97. The van der Waals surface area contributed by atoms with Gasteiger partial charge in [-0.15, -0.1) is 12.4 Å². The van der Waals surface area contributed by atoms with Gasteiger partial charge in [-0.05, 0) is 37.5 Å². The van der Waals surface area contributed by atoms with Crippen LogP contribution in [0.1, 0.15) is 32.3 Å². The minimum Gasteiger partial charge on any atom is -0.329 e. The van der Waals surface area contributed by atoms with Crippen molar-refractivity contribution < 1.29 is 4.79 Å². The molecule has 2 N–H and O–H groups in total. The molecule has 0 heterocycles. The number of hydrogen-bond acceptors (Lipinski definition) is 2. The zero-order valence-electron chi connectivity index (χ0n) is 12.3. The maximum atomic E-state index is 12.6. The molecule has 0 bridgehead atoms. The van der Waals surface area contributed by atoms with E-state index in [9.17, 15) is 4.79 Å². The molecule has 1 rings (SSSR count). The summed E-state index contributed by atoms with van der Waals surface area (Å²) in [5.41, 5.74) is 7.48. The molecule has 0 atom stereocenters. The molecule has 0 aliphatic carbocycles. The Labute approximate surface area is 122 Å². The summed E-state index contributed by atoms with van der Waals surface area (Å²) in [4.78, 5) is 14.3. The van der Waals surface area contributed by atoms with Crippen molar-refractivity contribution >= 4 is 24.0 Å². The van der Waals surface area contributed by atoms with Crippen LogP contribution < -0.4 is 10.6 Å². The van der Waals surface area contributed by atoms with E-state index in [-0.39, 0.29) is 18.3 Å². The molecule has 19 heavy (non-hydrogen) atoms. The van der Waals surface area contributed by atoms with Gasteiger partial charge in [0.1, 0.15) is 0 Å². The van der Waals surface area contributed by atoms with Gasteiger partial charge in [-0.2, -0.15) is 0 Å². The Morgan fingerprint density at radius 3 is 2.32 bits per heavy atom. The quantitative estimate of drug-likeness (QED) is 0.903. The van der Waals surface area contributed by atoms with E-state index in [1.54, 1.807) is 4.90 Å². The van der Waals surface area contributed by atoms with Gasteiger partial charge in [-0.1, -0.05) is 26.0 Å². The normalized spacial score (nSPS) is 10.8. The lowest BCUT2D eigenvalue weighted by molar-refractivity contribution is -0.127. The first-order chi connectivity index (χ1) is 8.50. The first-order valence-electron chi connectivity index (χ1n) is 6.55. The summed E-state index contributed by atoms with van der Waals surface area (Å²) >= 11 is 0. The molecule has 0 saturated carbocycles. The minimum absolute atomic E-state index is 0. The van der Waals surface area contributed by atoms with Gasteiger partial charge in [-0.25, -0.2) is 0 Å². The Balaban J connectivity index is 0.00000324.